The number of ketones is 1. The molecule has 4 amide bonds. The average molecular weight is 583 g/mol. The number of hydrogen-bond donors (Lipinski definition) is 4. The molecule has 1 aliphatic heterocycles. The SMILES string of the molecule is CCCC(C)C[C@H](NC(=O)[C@@H](NC(=O)[C@@H](NC(=O)[C@H](C(C)CC)N(C)C(C)=O)C(C)CC)C(C)O)C(=O)C1(C)CO1. The maximum Gasteiger partial charge on any atom is 0.245 e. The monoisotopic (exact) mass is 582 g/mol. The van der Waals surface area contributed by atoms with Crippen LogP contribution >= 0.6 is 0 Å². The van der Waals surface area contributed by atoms with Gasteiger partial charge >= 0.3 is 0 Å². The van der Waals surface area contributed by atoms with E-state index in [0.717, 1.165) is 12.8 Å². The van der Waals surface area contributed by atoms with Crippen LogP contribution in [-0.4, -0.2) is 88.9 Å². The highest BCUT2D eigenvalue weighted by molar-refractivity contribution is 5.99. The Morgan fingerprint density at radius 3 is 1.83 bits per heavy atom. The van der Waals surface area contributed by atoms with Crippen molar-refractivity contribution in [2.24, 2.45) is 17.8 Å². The molecule has 0 aliphatic carbocycles. The van der Waals surface area contributed by atoms with Gasteiger partial charge in [0.15, 0.2) is 5.78 Å². The van der Waals surface area contributed by atoms with E-state index >= 15 is 0 Å². The Labute approximate surface area is 245 Å². The normalized spacial score (nSPS) is 22.1. The van der Waals surface area contributed by atoms with Gasteiger partial charge in [-0.15, -0.1) is 0 Å². The smallest absolute Gasteiger partial charge is 0.245 e. The van der Waals surface area contributed by atoms with Crippen molar-refractivity contribution in [3.8, 4) is 0 Å². The number of aliphatic hydroxyl groups excluding tert-OH is 1. The number of nitrogens with zero attached hydrogens (tertiary/aromatic N) is 1. The summed E-state index contributed by atoms with van der Waals surface area (Å²) >= 11 is 0. The second-order valence-corrected chi connectivity index (χ2v) is 12.1. The van der Waals surface area contributed by atoms with Crippen LogP contribution in [0.25, 0.3) is 0 Å². The summed E-state index contributed by atoms with van der Waals surface area (Å²) in [6, 6.07) is -4.00. The van der Waals surface area contributed by atoms with Crippen molar-refractivity contribution in [2.75, 3.05) is 13.7 Å². The largest absolute Gasteiger partial charge is 0.391 e. The summed E-state index contributed by atoms with van der Waals surface area (Å²) in [4.78, 5) is 66.9. The van der Waals surface area contributed by atoms with E-state index in [4.69, 9.17) is 4.74 Å². The second-order valence-electron chi connectivity index (χ2n) is 12.1. The van der Waals surface area contributed by atoms with Gasteiger partial charge in [-0.25, -0.2) is 0 Å². The molecule has 0 spiro atoms. The first-order chi connectivity index (χ1) is 19.0. The lowest BCUT2D eigenvalue weighted by Crippen LogP contribution is -2.62. The van der Waals surface area contributed by atoms with Gasteiger partial charge in [0, 0.05) is 14.0 Å². The van der Waals surface area contributed by atoms with Crippen LogP contribution in [0.5, 0.6) is 0 Å². The fraction of sp³-hybridized carbons (Fsp3) is 0.833. The summed E-state index contributed by atoms with van der Waals surface area (Å²) < 4.78 is 5.33. The van der Waals surface area contributed by atoms with E-state index in [-0.39, 0.29) is 36.1 Å². The standard InChI is InChI=1S/C30H54N4O7/c1-11-14-17(4)15-22(26(37)30(9)16-41-30)31-28(39)24(20(7)35)33-27(38)23(18(5)12-2)32-29(40)25(19(6)13-3)34(10)21(8)36/h17-20,22-25,35H,11-16H2,1-10H3,(H,31,39)(H,32,40)(H,33,38)/t17?,18?,19?,20?,22-,23-,24-,25-,30?/m0/s1. The molecule has 0 aromatic heterocycles. The van der Waals surface area contributed by atoms with Crippen LogP contribution < -0.4 is 16.0 Å². The predicted octanol–water partition coefficient (Wildman–Crippen LogP) is 1.95. The van der Waals surface area contributed by atoms with Crippen LogP contribution in [0.3, 0.4) is 0 Å². The molecule has 0 aromatic rings. The van der Waals surface area contributed by atoms with Crippen molar-refractivity contribution in [3.63, 3.8) is 0 Å². The minimum Gasteiger partial charge on any atom is -0.391 e. The van der Waals surface area contributed by atoms with Crippen molar-refractivity contribution in [1.29, 1.82) is 0 Å². The molecule has 0 bridgehead atoms. The third kappa shape index (κ3) is 10.4. The molecule has 1 rings (SSSR count). The summed E-state index contributed by atoms with van der Waals surface area (Å²) in [5, 5.41) is 18.7. The summed E-state index contributed by atoms with van der Waals surface area (Å²) in [6.07, 6.45) is 2.12. The van der Waals surface area contributed by atoms with Gasteiger partial charge in [-0.2, -0.15) is 0 Å². The van der Waals surface area contributed by atoms with Crippen molar-refractivity contribution in [2.45, 2.75) is 130 Å². The zero-order valence-electron chi connectivity index (χ0n) is 26.7. The van der Waals surface area contributed by atoms with Gasteiger partial charge in [0.25, 0.3) is 0 Å². The molecule has 11 heteroatoms. The van der Waals surface area contributed by atoms with Crippen LogP contribution in [-0.2, 0) is 28.7 Å². The molecule has 41 heavy (non-hydrogen) atoms. The lowest BCUT2D eigenvalue weighted by atomic mass is 9.90. The summed E-state index contributed by atoms with van der Waals surface area (Å²) in [7, 11) is 1.55. The maximum absolute atomic E-state index is 13.5. The zero-order chi connectivity index (χ0) is 31.7. The van der Waals surface area contributed by atoms with Crippen LogP contribution in [0.4, 0.5) is 0 Å². The van der Waals surface area contributed by atoms with Gasteiger partial charge in [0.1, 0.15) is 23.7 Å². The van der Waals surface area contributed by atoms with Gasteiger partial charge in [0.05, 0.1) is 18.8 Å². The molecule has 1 fully saturated rings. The first-order valence-corrected chi connectivity index (χ1v) is 15.0. The van der Waals surface area contributed by atoms with E-state index in [1.54, 1.807) is 20.9 Å². The molecule has 0 saturated carbocycles. The Kier molecular flexibility index (Phi) is 14.4. The first-order valence-electron chi connectivity index (χ1n) is 15.0. The summed E-state index contributed by atoms with van der Waals surface area (Å²) in [6.45, 7) is 16.2. The number of hydrogen-bond acceptors (Lipinski definition) is 7. The number of aliphatic hydroxyl groups is 1. The van der Waals surface area contributed by atoms with Gasteiger partial charge < -0.3 is 30.7 Å². The minimum atomic E-state index is -1.36. The number of epoxide rings is 1. The summed E-state index contributed by atoms with van der Waals surface area (Å²) in [5.41, 5.74) is -0.946. The number of ether oxygens (including phenoxy) is 1. The van der Waals surface area contributed by atoms with Crippen molar-refractivity contribution in [3.05, 3.63) is 0 Å². The van der Waals surface area contributed by atoms with Gasteiger partial charge in [0.2, 0.25) is 23.6 Å². The fourth-order valence-corrected chi connectivity index (χ4v) is 4.95. The number of Topliss-reactive ketones (excluding diaryl/α,β-unsaturated/α-hetero) is 1. The highest BCUT2D eigenvalue weighted by atomic mass is 16.6. The number of nitrogens with one attached hydrogen (secondary N) is 3. The van der Waals surface area contributed by atoms with Crippen LogP contribution in [0.2, 0.25) is 0 Å². The molecule has 11 nitrogen and oxygen atoms in total. The highest BCUT2D eigenvalue weighted by Crippen LogP contribution is 2.30. The van der Waals surface area contributed by atoms with Gasteiger partial charge in [-0.05, 0) is 38.0 Å². The van der Waals surface area contributed by atoms with Crippen LogP contribution in [0, 0.1) is 17.8 Å². The third-order valence-electron chi connectivity index (χ3n) is 8.37. The maximum atomic E-state index is 13.5. The second kappa shape index (κ2) is 16.2. The van der Waals surface area contributed by atoms with Crippen LogP contribution in [0.1, 0.15) is 94.4 Å². The molecule has 0 aromatic carbocycles. The summed E-state index contributed by atoms with van der Waals surface area (Å²) in [5.74, 6) is -2.62. The molecule has 1 aliphatic rings. The van der Waals surface area contributed by atoms with Crippen molar-refractivity contribution < 1.29 is 33.8 Å². The number of carbonyl (C=O) groups excluding carboxylic acids is 5. The number of carbonyl (C=O) groups is 5. The van der Waals surface area contributed by atoms with E-state index in [1.807, 2.05) is 34.6 Å². The fourth-order valence-electron chi connectivity index (χ4n) is 4.95. The number of rotatable bonds is 18. The van der Waals surface area contributed by atoms with Crippen molar-refractivity contribution in [1.82, 2.24) is 20.9 Å². The first kappa shape index (κ1) is 36.5. The number of amides is 4. The minimum absolute atomic E-state index is 0.160. The predicted molar refractivity (Wildman–Crippen MR) is 157 cm³/mol. The van der Waals surface area contributed by atoms with E-state index in [2.05, 4.69) is 16.0 Å². The molecule has 4 N–H and O–H groups in total. The molecule has 0 radical (unpaired) electrons. The lowest BCUT2D eigenvalue weighted by molar-refractivity contribution is -0.141. The van der Waals surface area contributed by atoms with E-state index in [0.29, 0.717) is 19.3 Å². The van der Waals surface area contributed by atoms with E-state index in [9.17, 15) is 29.1 Å². The van der Waals surface area contributed by atoms with Gasteiger partial charge in [-0.3, -0.25) is 24.0 Å². The Bertz CT molecular complexity index is 921. The molecular formula is C30H54N4O7. The molecule has 1 heterocycles. The average Bonchev–Trinajstić information content (AvgIpc) is 3.66. The Balaban J connectivity index is 3.17. The molecule has 1 saturated heterocycles. The molecule has 9 atom stereocenters. The Morgan fingerprint density at radius 1 is 0.878 bits per heavy atom. The highest BCUT2D eigenvalue weighted by Gasteiger charge is 2.50. The Morgan fingerprint density at radius 2 is 1.39 bits per heavy atom. The molecular weight excluding hydrogens is 528 g/mol. The lowest BCUT2D eigenvalue weighted by Gasteiger charge is -2.34. The zero-order valence-corrected chi connectivity index (χ0v) is 26.7. The van der Waals surface area contributed by atoms with Crippen molar-refractivity contribution >= 4 is 29.4 Å². The van der Waals surface area contributed by atoms with Crippen LogP contribution in [0.15, 0.2) is 0 Å². The Hall–Kier alpha value is -2.53. The molecule has 5 unspecified atom stereocenters. The number of likely N-dealkylation sites (N-methyl/N-ethyl adjacent to an activating group) is 1. The topological polar surface area (TPSA) is 157 Å². The van der Waals surface area contributed by atoms with Gasteiger partial charge in [-0.1, -0.05) is 67.2 Å². The quantitative estimate of drug-likeness (QED) is 0.180. The molecule has 236 valence electrons. The van der Waals surface area contributed by atoms with E-state index in [1.165, 1.54) is 18.7 Å². The van der Waals surface area contributed by atoms with E-state index < -0.39 is 53.6 Å². The third-order valence-corrected chi connectivity index (χ3v) is 8.37.